The summed E-state index contributed by atoms with van der Waals surface area (Å²) >= 11 is 0.413. The van der Waals surface area contributed by atoms with E-state index in [2.05, 4.69) is 11.8 Å². The highest BCUT2D eigenvalue weighted by Crippen LogP contribution is 2.28. The van der Waals surface area contributed by atoms with E-state index in [9.17, 15) is 17.6 Å². The van der Waals surface area contributed by atoms with Gasteiger partial charge < -0.3 is 0 Å². The van der Waals surface area contributed by atoms with E-state index < -0.39 is 23.3 Å². The zero-order valence-corrected chi connectivity index (χ0v) is 17.6. The number of nitrogens with zero attached hydrogens (tertiary/aromatic N) is 1. The molecule has 0 N–H and O–H groups in total. The minimum Gasteiger partial charge on any atom is -0.207 e. The minimum atomic E-state index is -0.849. The number of hydrogen-bond donors (Lipinski definition) is 0. The van der Waals surface area contributed by atoms with E-state index in [0.717, 1.165) is 17.7 Å². The maximum absolute atomic E-state index is 14.3. The molecule has 0 amide bonds. The monoisotopic (exact) mass is 439 g/mol. The van der Waals surface area contributed by atoms with Gasteiger partial charge in [0, 0.05) is 16.7 Å². The third kappa shape index (κ3) is 5.10. The molecule has 3 aromatic carbocycles. The lowest BCUT2D eigenvalue weighted by Crippen LogP contribution is -1.97. The fourth-order valence-electron chi connectivity index (χ4n) is 3.16. The highest BCUT2D eigenvalue weighted by Gasteiger charge is 2.13. The van der Waals surface area contributed by atoms with Gasteiger partial charge in [-0.05, 0) is 72.1 Å². The van der Waals surface area contributed by atoms with Gasteiger partial charge >= 0.3 is 0 Å². The molecule has 0 atom stereocenters. The second-order valence-electron chi connectivity index (χ2n) is 6.91. The van der Waals surface area contributed by atoms with Crippen molar-refractivity contribution in [2.45, 2.75) is 31.6 Å². The second-order valence-corrected chi connectivity index (χ2v) is 7.71. The smallest absolute Gasteiger partial charge is 0.142 e. The Morgan fingerprint density at radius 2 is 1.48 bits per heavy atom. The van der Waals surface area contributed by atoms with Gasteiger partial charge in [0.2, 0.25) is 0 Å². The molecular weight excluding hydrogens is 422 g/mol. The summed E-state index contributed by atoms with van der Waals surface area (Å²) in [6.45, 7) is 3.65. The zero-order valence-electron chi connectivity index (χ0n) is 16.8. The van der Waals surface area contributed by atoms with Crippen LogP contribution in [0.15, 0.2) is 47.4 Å². The Hall–Kier alpha value is -3.22. The van der Waals surface area contributed by atoms with Gasteiger partial charge in [0.05, 0.1) is 4.90 Å². The number of thiocyanates is 1. The maximum atomic E-state index is 14.3. The quantitative estimate of drug-likeness (QED) is 0.187. The van der Waals surface area contributed by atoms with Crippen LogP contribution in [0.25, 0.3) is 11.1 Å². The predicted octanol–water partition coefficient (Wildman–Crippen LogP) is 7.14. The third-order valence-corrected chi connectivity index (χ3v) is 5.37. The van der Waals surface area contributed by atoms with E-state index >= 15 is 0 Å². The van der Waals surface area contributed by atoms with Crippen molar-refractivity contribution in [2.75, 3.05) is 0 Å². The summed E-state index contributed by atoms with van der Waals surface area (Å²) in [5.74, 6) is 2.73. The molecule has 31 heavy (non-hydrogen) atoms. The van der Waals surface area contributed by atoms with E-state index in [4.69, 9.17) is 5.26 Å². The van der Waals surface area contributed by atoms with Crippen LogP contribution < -0.4 is 0 Å². The molecule has 0 heterocycles. The van der Waals surface area contributed by atoms with Gasteiger partial charge in [0.25, 0.3) is 0 Å². The fraction of sp³-hybridized carbons (Fsp3) is 0.160. The van der Waals surface area contributed by atoms with Crippen molar-refractivity contribution in [2.24, 2.45) is 0 Å². The maximum Gasteiger partial charge on any atom is 0.142 e. The molecule has 0 unspecified atom stereocenters. The number of nitriles is 1. The molecule has 0 aliphatic heterocycles. The first-order valence-electron chi connectivity index (χ1n) is 9.50. The lowest BCUT2D eigenvalue weighted by atomic mass is 9.97. The number of halogens is 4. The zero-order chi connectivity index (χ0) is 22.5. The van der Waals surface area contributed by atoms with Crippen LogP contribution in [0.4, 0.5) is 17.6 Å². The summed E-state index contributed by atoms with van der Waals surface area (Å²) in [5.41, 5.74) is 2.65. The number of thioether (sulfide) groups is 1. The molecule has 156 valence electrons. The molecule has 0 saturated carbocycles. The molecule has 0 radical (unpaired) electrons. The summed E-state index contributed by atoms with van der Waals surface area (Å²) in [4.78, 5) is -0.363. The van der Waals surface area contributed by atoms with Crippen LogP contribution in [0.1, 0.15) is 35.6 Å². The summed E-state index contributed by atoms with van der Waals surface area (Å²) in [5, 5.41) is 10.2. The molecule has 6 heteroatoms. The number of benzene rings is 3. The van der Waals surface area contributed by atoms with Crippen LogP contribution in [-0.2, 0) is 6.42 Å². The third-order valence-electron chi connectivity index (χ3n) is 4.69. The van der Waals surface area contributed by atoms with Crippen LogP contribution in [0.3, 0.4) is 0 Å². The summed E-state index contributed by atoms with van der Waals surface area (Å²) in [6.07, 6.45) is 0.982. The van der Waals surface area contributed by atoms with E-state index in [1.54, 1.807) is 30.5 Å². The van der Waals surface area contributed by atoms with Gasteiger partial charge in [0.15, 0.2) is 0 Å². The van der Waals surface area contributed by atoms with E-state index in [0.29, 0.717) is 41.3 Å². The van der Waals surface area contributed by atoms with Gasteiger partial charge in [-0.3, -0.25) is 0 Å². The predicted molar refractivity (Wildman–Crippen MR) is 114 cm³/mol. The van der Waals surface area contributed by atoms with Crippen molar-refractivity contribution in [1.82, 2.24) is 0 Å². The largest absolute Gasteiger partial charge is 0.207 e. The first-order chi connectivity index (χ1) is 14.8. The lowest BCUT2D eigenvalue weighted by Gasteiger charge is -2.09. The van der Waals surface area contributed by atoms with Crippen LogP contribution in [0.5, 0.6) is 0 Å². The van der Waals surface area contributed by atoms with Gasteiger partial charge in [-0.2, -0.15) is 5.26 Å². The molecular formula is C25H17F4NS. The van der Waals surface area contributed by atoms with Gasteiger partial charge in [-0.15, -0.1) is 0 Å². The van der Waals surface area contributed by atoms with Gasteiger partial charge in [-0.1, -0.05) is 37.3 Å². The molecule has 0 fully saturated rings. The topological polar surface area (TPSA) is 23.8 Å². The Labute approximate surface area is 182 Å². The van der Waals surface area contributed by atoms with Crippen LogP contribution >= 0.6 is 11.8 Å². The van der Waals surface area contributed by atoms with E-state index in [1.165, 1.54) is 12.1 Å². The molecule has 0 saturated heterocycles. The Kier molecular flexibility index (Phi) is 7.05. The molecule has 0 spiro atoms. The highest BCUT2D eigenvalue weighted by molar-refractivity contribution is 8.03. The molecule has 0 bridgehead atoms. The van der Waals surface area contributed by atoms with Gasteiger partial charge in [-0.25, -0.2) is 17.6 Å². The van der Waals surface area contributed by atoms with Crippen LogP contribution in [0.2, 0.25) is 0 Å². The standard InChI is InChI=1S/C25H17F4NS/c1-3-4-20-21(26)12-19(13-22(20)27)18-8-7-17(15(2)9-18)6-5-16-10-23(28)25(31-14-30)24(29)11-16/h7-13H,3-4H2,1-2H3. The van der Waals surface area contributed by atoms with Crippen molar-refractivity contribution in [1.29, 1.82) is 5.26 Å². The SMILES string of the molecule is CCCc1c(F)cc(-c2ccc(C#Cc3cc(F)c(SC#N)c(F)c3)c(C)c2)cc1F. The molecule has 1 nitrogen and oxygen atoms in total. The molecule has 0 aliphatic rings. The van der Waals surface area contributed by atoms with Crippen molar-refractivity contribution in [3.63, 3.8) is 0 Å². The van der Waals surface area contributed by atoms with Crippen molar-refractivity contribution in [3.8, 4) is 28.4 Å². The summed E-state index contributed by atoms with van der Waals surface area (Å²) in [6, 6.07) is 9.93. The lowest BCUT2D eigenvalue weighted by molar-refractivity contribution is 0.540. The van der Waals surface area contributed by atoms with Crippen LogP contribution in [-0.4, -0.2) is 0 Å². The average Bonchev–Trinajstić information content (AvgIpc) is 2.72. The average molecular weight is 439 g/mol. The van der Waals surface area contributed by atoms with Crippen molar-refractivity contribution in [3.05, 3.63) is 88.0 Å². The highest BCUT2D eigenvalue weighted by atomic mass is 32.2. The molecule has 3 rings (SSSR count). The normalized spacial score (nSPS) is 10.4. The number of hydrogen-bond acceptors (Lipinski definition) is 2. The second kappa shape index (κ2) is 9.73. The Morgan fingerprint density at radius 3 is 2.03 bits per heavy atom. The summed E-state index contributed by atoms with van der Waals surface area (Å²) < 4.78 is 56.4. The van der Waals surface area contributed by atoms with Gasteiger partial charge in [0.1, 0.15) is 28.7 Å². The Bertz CT molecular complexity index is 1200. The summed E-state index contributed by atoms with van der Waals surface area (Å²) in [7, 11) is 0. The molecule has 0 aromatic heterocycles. The first kappa shape index (κ1) is 22.5. The fourth-order valence-corrected chi connectivity index (χ4v) is 3.56. The Morgan fingerprint density at radius 1 is 0.839 bits per heavy atom. The van der Waals surface area contributed by atoms with E-state index in [1.807, 2.05) is 6.92 Å². The minimum absolute atomic E-state index is 0.0871. The first-order valence-corrected chi connectivity index (χ1v) is 10.3. The van der Waals surface area contributed by atoms with Crippen molar-refractivity contribution >= 4 is 11.8 Å². The molecule has 3 aromatic rings. The van der Waals surface area contributed by atoms with E-state index in [-0.39, 0.29) is 16.0 Å². The Balaban J connectivity index is 1.91. The number of aryl methyl sites for hydroxylation is 1. The molecule has 0 aliphatic carbocycles. The van der Waals surface area contributed by atoms with Crippen LogP contribution in [0, 0.1) is 52.7 Å². The number of rotatable bonds is 4. The van der Waals surface area contributed by atoms with Crippen molar-refractivity contribution < 1.29 is 17.6 Å².